The second-order valence-corrected chi connectivity index (χ2v) is 5.92. The molecule has 1 aliphatic carbocycles. The zero-order valence-electron chi connectivity index (χ0n) is 10.6. The van der Waals surface area contributed by atoms with Crippen LogP contribution in [0.15, 0.2) is 18.2 Å². The molecule has 0 aliphatic heterocycles. The second kappa shape index (κ2) is 3.94. The average Bonchev–Trinajstić information content (AvgIpc) is 2.71. The third-order valence-corrected chi connectivity index (χ3v) is 3.82. The minimum atomic E-state index is -0.861. The van der Waals surface area contributed by atoms with E-state index in [1.807, 2.05) is 32.0 Å². The number of benzene rings is 1. The molecule has 0 radical (unpaired) electrons. The summed E-state index contributed by atoms with van der Waals surface area (Å²) >= 11 is 6.08. The lowest BCUT2D eigenvalue weighted by molar-refractivity contribution is 0.0792. The number of aryl methyl sites for hydroxylation is 1. The van der Waals surface area contributed by atoms with Crippen molar-refractivity contribution in [2.45, 2.75) is 38.7 Å². The average molecular weight is 262 g/mol. The van der Waals surface area contributed by atoms with E-state index < -0.39 is 5.60 Å². The highest BCUT2D eigenvalue weighted by Gasteiger charge is 2.28. The van der Waals surface area contributed by atoms with Crippen molar-refractivity contribution >= 4 is 22.5 Å². The van der Waals surface area contributed by atoms with Gasteiger partial charge in [-0.3, -0.25) is 4.98 Å². The van der Waals surface area contributed by atoms with Crippen LogP contribution in [0.2, 0.25) is 5.02 Å². The van der Waals surface area contributed by atoms with Gasteiger partial charge in [-0.15, -0.1) is 0 Å². The van der Waals surface area contributed by atoms with Gasteiger partial charge in [-0.25, -0.2) is 0 Å². The van der Waals surface area contributed by atoms with Crippen molar-refractivity contribution in [2.75, 3.05) is 0 Å². The quantitative estimate of drug-likeness (QED) is 0.851. The lowest BCUT2D eigenvalue weighted by Crippen LogP contribution is -2.19. The minimum Gasteiger partial charge on any atom is -0.386 e. The topological polar surface area (TPSA) is 33.1 Å². The Morgan fingerprint density at radius 2 is 2.06 bits per heavy atom. The number of fused-ring (bicyclic) bond motifs is 2. The summed E-state index contributed by atoms with van der Waals surface area (Å²) in [5.74, 6) is 0. The normalized spacial score (nSPS) is 15.1. The van der Waals surface area contributed by atoms with E-state index in [0.29, 0.717) is 5.02 Å². The largest absolute Gasteiger partial charge is 0.386 e. The van der Waals surface area contributed by atoms with Crippen LogP contribution in [0.1, 0.15) is 37.1 Å². The van der Waals surface area contributed by atoms with Crippen molar-refractivity contribution < 1.29 is 5.11 Å². The Bertz CT molecular complexity index is 628. The first kappa shape index (κ1) is 11.9. The van der Waals surface area contributed by atoms with Gasteiger partial charge < -0.3 is 5.11 Å². The molecule has 2 aromatic rings. The predicted octanol–water partition coefficient (Wildman–Crippen LogP) is 3.60. The van der Waals surface area contributed by atoms with Crippen molar-refractivity contribution in [3.05, 3.63) is 40.0 Å². The monoisotopic (exact) mass is 261 g/mol. The van der Waals surface area contributed by atoms with E-state index in [-0.39, 0.29) is 0 Å². The van der Waals surface area contributed by atoms with Crippen LogP contribution in [0.4, 0.5) is 0 Å². The van der Waals surface area contributed by atoms with Crippen LogP contribution in [0.25, 0.3) is 10.9 Å². The molecule has 0 amide bonds. The number of halogens is 1. The molecular formula is C15H16ClNO. The zero-order valence-corrected chi connectivity index (χ0v) is 11.4. The lowest BCUT2D eigenvalue weighted by atomic mass is 9.89. The number of aliphatic hydroxyl groups is 1. The summed E-state index contributed by atoms with van der Waals surface area (Å²) in [5, 5.41) is 12.1. The molecule has 0 atom stereocenters. The van der Waals surface area contributed by atoms with Gasteiger partial charge in [0.15, 0.2) is 0 Å². The molecule has 3 heteroatoms. The maximum atomic E-state index is 10.5. The van der Waals surface area contributed by atoms with E-state index >= 15 is 0 Å². The van der Waals surface area contributed by atoms with E-state index in [9.17, 15) is 5.11 Å². The summed E-state index contributed by atoms with van der Waals surface area (Å²) in [5.41, 5.74) is 3.43. The van der Waals surface area contributed by atoms with Crippen LogP contribution in [-0.2, 0) is 18.4 Å². The molecule has 3 rings (SSSR count). The summed E-state index contributed by atoms with van der Waals surface area (Å²) in [6, 6.07) is 5.70. The molecule has 1 aromatic heterocycles. The van der Waals surface area contributed by atoms with Crippen molar-refractivity contribution in [2.24, 2.45) is 0 Å². The Labute approximate surface area is 112 Å². The molecule has 1 heterocycles. The van der Waals surface area contributed by atoms with Crippen LogP contribution in [0.3, 0.4) is 0 Å². The minimum absolute atomic E-state index is 0.688. The van der Waals surface area contributed by atoms with Crippen molar-refractivity contribution in [3.8, 4) is 0 Å². The third-order valence-electron chi connectivity index (χ3n) is 3.59. The maximum absolute atomic E-state index is 10.5. The molecule has 0 saturated carbocycles. The molecule has 1 N–H and O–H groups in total. The van der Waals surface area contributed by atoms with Gasteiger partial charge in [0.25, 0.3) is 0 Å². The van der Waals surface area contributed by atoms with Crippen LogP contribution in [0.5, 0.6) is 0 Å². The van der Waals surface area contributed by atoms with Gasteiger partial charge >= 0.3 is 0 Å². The van der Waals surface area contributed by atoms with Gasteiger partial charge in [0.05, 0.1) is 11.1 Å². The van der Waals surface area contributed by atoms with Crippen LogP contribution in [0, 0.1) is 0 Å². The molecule has 94 valence electrons. The van der Waals surface area contributed by atoms with Crippen molar-refractivity contribution in [3.63, 3.8) is 0 Å². The molecular weight excluding hydrogens is 246 g/mol. The molecule has 1 aromatic carbocycles. The SMILES string of the molecule is CC(C)(O)c1c2c(nc3ccc(Cl)cc13)CCC2. The van der Waals surface area contributed by atoms with Crippen LogP contribution < -0.4 is 0 Å². The Morgan fingerprint density at radius 3 is 2.78 bits per heavy atom. The van der Waals surface area contributed by atoms with Crippen molar-refractivity contribution in [1.29, 1.82) is 0 Å². The highest BCUT2D eigenvalue weighted by Crippen LogP contribution is 2.37. The van der Waals surface area contributed by atoms with E-state index in [4.69, 9.17) is 16.6 Å². The molecule has 0 unspecified atom stereocenters. The lowest BCUT2D eigenvalue weighted by Gasteiger charge is -2.23. The van der Waals surface area contributed by atoms with E-state index in [2.05, 4.69) is 0 Å². The van der Waals surface area contributed by atoms with Gasteiger partial charge in [0.2, 0.25) is 0 Å². The molecule has 2 nitrogen and oxygen atoms in total. The van der Waals surface area contributed by atoms with Gasteiger partial charge in [-0.05, 0) is 62.4 Å². The maximum Gasteiger partial charge on any atom is 0.0850 e. The fraction of sp³-hybridized carbons (Fsp3) is 0.400. The first-order valence-electron chi connectivity index (χ1n) is 6.30. The standard InChI is InChI=1S/C15H16ClNO/c1-15(2,18)14-10-4-3-5-12(10)17-13-7-6-9(16)8-11(13)14/h6-8,18H,3-5H2,1-2H3. The number of rotatable bonds is 1. The Morgan fingerprint density at radius 1 is 1.28 bits per heavy atom. The zero-order chi connectivity index (χ0) is 12.9. The highest BCUT2D eigenvalue weighted by molar-refractivity contribution is 6.31. The fourth-order valence-corrected chi connectivity index (χ4v) is 3.11. The fourth-order valence-electron chi connectivity index (χ4n) is 2.93. The first-order chi connectivity index (χ1) is 8.47. The molecule has 18 heavy (non-hydrogen) atoms. The number of hydrogen-bond donors (Lipinski definition) is 1. The van der Waals surface area contributed by atoms with E-state index in [0.717, 1.165) is 41.4 Å². The summed E-state index contributed by atoms with van der Waals surface area (Å²) in [6.07, 6.45) is 3.14. The third kappa shape index (κ3) is 1.80. The van der Waals surface area contributed by atoms with Gasteiger partial charge in [0, 0.05) is 16.1 Å². The second-order valence-electron chi connectivity index (χ2n) is 5.49. The predicted molar refractivity (Wildman–Crippen MR) is 74.0 cm³/mol. The summed E-state index contributed by atoms with van der Waals surface area (Å²) in [7, 11) is 0. The Balaban J connectivity index is 2.44. The Hall–Kier alpha value is -1.12. The van der Waals surface area contributed by atoms with Crippen LogP contribution in [-0.4, -0.2) is 10.1 Å². The summed E-state index contributed by atoms with van der Waals surface area (Å²) < 4.78 is 0. The molecule has 1 aliphatic rings. The number of nitrogens with zero attached hydrogens (tertiary/aromatic N) is 1. The van der Waals surface area contributed by atoms with Gasteiger partial charge in [0.1, 0.15) is 0 Å². The van der Waals surface area contributed by atoms with Crippen LogP contribution >= 0.6 is 11.6 Å². The van der Waals surface area contributed by atoms with Crippen molar-refractivity contribution in [1.82, 2.24) is 4.98 Å². The smallest absolute Gasteiger partial charge is 0.0850 e. The van der Waals surface area contributed by atoms with Gasteiger partial charge in [-0.1, -0.05) is 11.6 Å². The number of pyridine rings is 1. The molecule has 0 fully saturated rings. The highest BCUT2D eigenvalue weighted by atomic mass is 35.5. The van der Waals surface area contributed by atoms with E-state index in [1.54, 1.807) is 0 Å². The Kier molecular flexibility index (Phi) is 2.61. The number of hydrogen-bond acceptors (Lipinski definition) is 2. The molecule has 0 spiro atoms. The van der Waals surface area contributed by atoms with E-state index in [1.165, 1.54) is 5.56 Å². The molecule has 0 bridgehead atoms. The van der Waals surface area contributed by atoms with Gasteiger partial charge in [-0.2, -0.15) is 0 Å². The summed E-state index contributed by atoms with van der Waals surface area (Å²) in [6.45, 7) is 3.67. The number of aromatic nitrogens is 1. The first-order valence-corrected chi connectivity index (χ1v) is 6.68. The molecule has 0 saturated heterocycles. The summed E-state index contributed by atoms with van der Waals surface area (Å²) in [4.78, 5) is 4.70.